The highest BCUT2D eigenvalue weighted by Crippen LogP contribution is 2.41. The quantitative estimate of drug-likeness (QED) is 0.161. The van der Waals surface area contributed by atoms with E-state index in [1.807, 2.05) is 54.6 Å². The number of para-hydroxylation sites is 1. The van der Waals surface area contributed by atoms with E-state index in [1.165, 1.54) is 5.56 Å². The van der Waals surface area contributed by atoms with Gasteiger partial charge in [-0.05, 0) is 63.2 Å². The molecule has 0 amide bonds. The van der Waals surface area contributed by atoms with Gasteiger partial charge >= 0.3 is 0 Å². The molecule has 0 N–H and O–H groups in total. The van der Waals surface area contributed by atoms with Crippen LogP contribution in [0.3, 0.4) is 0 Å². The van der Waals surface area contributed by atoms with Gasteiger partial charge in [0.05, 0.1) is 10.9 Å². The number of fused-ring (bicyclic) bond motifs is 5. The molecule has 6 nitrogen and oxygen atoms in total. The van der Waals surface area contributed by atoms with Crippen molar-refractivity contribution in [1.82, 2.24) is 24.9 Å². The molecule has 276 valence electrons. The second-order valence-corrected chi connectivity index (χ2v) is 14.5. The number of rotatable bonds is 7. The lowest BCUT2D eigenvalue weighted by Gasteiger charge is -2.11. The van der Waals surface area contributed by atoms with E-state index in [-0.39, 0.29) is 0 Å². The first-order chi connectivity index (χ1) is 29.2. The number of nitrogens with zero attached hydrogens (tertiary/aromatic N) is 5. The summed E-state index contributed by atoms with van der Waals surface area (Å²) in [6, 6.07) is 64.8. The number of hydrogen-bond donors (Lipinski definition) is 0. The van der Waals surface area contributed by atoms with Crippen LogP contribution in [0.1, 0.15) is 0 Å². The maximum atomic E-state index is 6.51. The second-order valence-electron chi connectivity index (χ2n) is 14.5. The standard InChI is InChI=1S/C53H33N5O/c1-3-11-34(12-4-1)35-21-25-38(26-22-35)52-56-51(37-13-5-2-6-14-37)57-53(58-52)39-27-23-36(24-28-39)40-15-9-16-41(31-40)42-17-10-18-43(32-42)45-33-46-49(55-30-29-54-46)48-44-19-7-8-20-47(44)59-50(45)48/h1-33H. The Balaban J connectivity index is 0.929. The van der Waals surface area contributed by atoms with Crippen LogP contribution in [0.4, 0.5) is 0 Å². The zero-order chi connectivity index (χ0) is 39.1. The zero-order valence-corrected chi connectivity index (χ0v) is 31.7. The maximum absolute atomic E-state index is 6.51. The van der Waals surface area contributed by atoms with Crippen LogP contribution in [0.5, 0.6) is 0 Å². The van der Waals surface area contributed by atoms with Gasteiger partial charge in [0.15, 0.2) is 17.5 Å². The number of aromatic nitrogens is 5. The third-order valence-electron chi connectivity index (χ3n) is 10.8. The lowest BCUT2D eigenvalue weighted by Crippen LogP contribution is -2.00. The van der Waals surface area contributed by atoms with E-state index in [0.717, 1.165) is 88.6 Å². The monoisotopic (exact) mass is 755 g/mol. The van der Waals surface area contributed by atoms with Crippen LogP contribution in [0, 0.1) is 0 Å². The third kappa shape index (κ3) is 6.39. The van der Waals surface area contributed by atoms with Gasteiger partial charge in [0.25, 0.3) is 0 Å². The van der Waals surface area contributed by atoms with Crippen molar-refractivity contribution < 1.29 is 4.42 Å². The topological polar surface area (TPSA) is 77.6 Å². The first-order valence-electron chi connectivity index (χ1n) is 19.6. The summed E-state index contributed by atoms with van der Waals surface area (Å²) >= 11 is 0. The molecule has 0 spiro atoms. The molecule has 0 unspecified atom stereocenters. The molecule has 3 aromatic heterocycles. The second kappa shape index (κ2) is 14.4. The van der Waals surface area contributed by atoms with E-state index in [9.17, 15) is 0 Å². The summed E-state index contributed by atoms with van der Waals surface area (Å²) in [6.07, 6.45) is 3.48. The van der Waals surface area contributed by atoms with Gasteiger partial charge in [-0.2, -0.15) is 0 Å². The Morgan fingerprint density at radius 2 is 0.780 bits per heavy atom. The van der Waals surface area contributed by atoms with Crippen LogP contribution < -0.4 is 0 Å². The van der Waals surface area contributed by atoms with Crippen molar-refractivity contribution in [2.24, 2.45) is 0 Å². The Bertz CT molecular complexity index is 3310. The molecule has 0 radical (unpaired) electrons. The smallest absolute Gasteiger partial charge is 0.164 e. The molecule has 11 aromatic rings. The van der Waals surface area contributed by atoms with E-state index in [1.54, 1.807) is 12.4 Å². The Morgan fingerprint density at radius 1 is 0.339 bits per heavy atom. The van der Waals surface area contributed by atoms with E-state index in [2.05, 4.69) is 138 Å². The highest BCUT2D eigenvalue weighted by atomic mass is 16.3. The summed E-state index contributed by atoms with van der Waals surface area (Å²) in [4.78, 5) is 24.3. The summed E-state index contributed by atoms with van der Waals surface area (Å²) < 4.78 is 6.51. The Kier molecular flexibility index (Phi) is 8.37. The van der Waals surface area contributed by atoms with Crippen molar-refractivity contribution in [2.45, 2.75) is 0 Å². The SMILES string of the molecule is c1ccc(-c2ccc(-c3nc(-c4ccccc4)nc(-c4ccc(-c5cccc(-c6cccc(-c7cc8nccnc8c8c7oc7ccccc78)c6)c5)cc4)n3)cc2)cc1. The first kappa shape index (κ1) is 34.2. The van der Waals surface area contributed by atoms with E-state index in [0.29, 0.717) is 17.5 Å². The van der Waals surface area contributed by atoms with Crippen molar-refractivity contribution in [2.75, 3.05) is 0 Å². The molecule has 0 aliphatic rings. The molecule has 0 aliphatic carbocycles. The third-order valence-corrected chi connectivity index (χ3v) is 10.8. The van der Waals surface area contributed by atoms with Crippen molar-refractivity contribution in [3.8, 4) is 78.7 Å². The highest BCUT2D eigenvalue weighted by molar-refractivity contribution is 6.20. The number of hydrogen-bond acceptors (Lipinski definition) is 6. The summed E-state index contributed by atoms with van der Waals surface area (Å²) in [5.74, 6) is 1.89. The predicted molar refractivity (Wildman–Crippen MR) is 238 cm³/mol. The van der Waals surface area contributed by atoms with Gasteiger partial charge in [-0.15, -0.1) is 0 Å². The van der Waals surface area contributed by atoms with Crippen molar-refractivity contribution in [3.63, 3.8) is 0 Å². The van der Waals surface area contributed by atoms with Gasteiger partial charge in [0.2, 0.25) is 0 Å². The fourth-order valence-electron chi connectivity index (χ4n) is 7.88. The van der Waals surface area contributed by atoms with Crippen LogP contribution >= 0.6 is 0 Å². The molecular weight excluding hydrogens is 723 g/mol. The van der Waals surface area contributed by atoms with Crippen LogP contribution in [0.25, 0.3) is 112 Å². The minimum atomic E-state index is 0.622. The van der Waals surface area contributed by atoms with Gasteiger partial charge in [-0.3, -0.25) is 9.97 Å². The van der Waals surface area contributed by atoms with Gasteiger partial charge < -0.3 is 4.42 Å². The Labute approximate surface area is 340 Å². The maximum Gasteiger partial charge on any atom is 0.164 e. The van der Waals surface area contributed by atoms with Crippen molar-refractivity contribution in [1.29, 1.82) is 0 Å². The average Bonchev–Trinajstić information content (AvgIpc) is 3.72. The highest BCUT2D eigenvalue weighted by Gasteiger charge is 2.18. The van der Waals surface area contributed by atoms with Gasteiger partial charge in [-0.25, -0.2) is 15.0 Å². The first-order valence-corrected chi connectivity index (χ1v) is 19.6. The molecule has 0 bridgehead atoms. The minimum Gasteiger partial charge on any atom is -0.455 e. The number of furan rings is 1. The summed E-state index contributed by atoms with van der Waals surface area (Å²) in [5.41, 5.74) is 14.9. The molecule has 6 heteroatoms. The molecule has 0 fully saturated rings. The fraction of sp³-hybridized carbons (Fsp3) is 0. The molecular formula is C53H33N5O. The summed E-state index contributed by atoms with van der Waals surface area (Å²) in [7, 11) is 0. The van der Waals surface area contributed by atoms with E-state index < -0.39 is 0 Å². The van der Waals surface area contributed by atoms with Crippen LogP contribution in [-0.4, -0.2) is 24.9 Å². The fourth-order valence-corrected chi connectivity index (χ4v) is 7.88. The van der Waals surface area contributed by atoms with Crippen molar-refractivity contribution >= 4 is 33.0 Å². The van der Waals surface area contributed by atoms with Gasteiger partial charge in [0.1, 0.15) is 16.7 Å². The lowest BCUT2D eigenvalue weighted by atomic mass is 9.95. The normalized spacial score (nSPS) is 11.4. The lowest BCUT2D eigenvalue weighted by molar-refractivity contribution is 0.670. The molecule has 0 atom stereocenters. The number of benzene rings is 8. The average molecular weight is 756 g/mol. The van der Waals surface area contributed by atoms with Crippen molar-refractivity contribution in [3.05, 3.63) is 200 Å². The van der Waals surface area contributed by atoms with Gasteiger partial charge in [0, 0.05) is 40.0 Å². The molecule has 11 rings (SSSR count). The van der Waals surface area contributed by atoms with Crippen LogP contribution in [0.15, 0.2) is 205 Å². The summed E-state index contributed by atoms with van der Waals surface area (Å²) in [5, 5.41) is 2.02. The molecule has 0 aliphatic heterocycles. The minimum absolute atomic E-state index is 0.622. The van der Waals surface area contributed by atoms with E-state index in [4.69, 9.17) is 24.4 Å². The molecule has 3 heterocycles. The Morgan fingerprint density at radius 3 is 1.42 bits per heavy atom. The summed E-state index contributed by atoms with van der Waals surface area (Å²) in [6.45, 7) is 0. The predicted octanol–water partition coefficient (Wildman–Crippen LogP) is 13.4. The molecule has 8 aromatic carbocycles. The van der Waals surface area contributed by atoms with Crippen LogP contribution in [-0.2, 0) is 0 Å². The Hall–Kier alpha value is -8.09. The molecule has 0 saturated carbocycles. The van der Waals surface area contributed by atoms with E-state index >= 15 is 0 Å². The van der Waals surface area contributed by atoms with Crippen LogP contribution in [0.2, 0.25) is 0 Å². The molecule has 59 heavy (non-hydrogen) atoms. The van der Waals surface area contributed by atoms with Gasteiger partial charge in [-0.1, -0.05) is 164 Å². The molecule has 0 saturated heterocycles. The zero-order valence-electron chi connectivity index (χ0n) is 31.7. The largest absolute Gasteiger partial charge is 0.455 e.